The van der Waals surface area contributed by atoms with Crippen LogP contribution in [0.15, 0.2) is 53.9 Å². The van der Waals surface area contributed by atoms with Crippen molar-refractivity contribution in [1.29, 1.82) is 0 Å². The molecular formula is C23H25ClN2O3S. The molecule has 0 aliphatic rings. The number of amides is 1. The number of carbonyl (C=O) groups excluding carboxylic acids is 1. The Balaban J connectivity index is 1.67. The maximum absolute atomic E-state index is 13.1. The molecule has 1 aromatic heterocycles. The van der Waals surface area contributed by atoms with Crippen LogP contribution in [-0.4, -0.2) is 28.9 Å². The third-order valence-electron chi connectivity index (χ3n) is 4.83. The minimum absolute atomic E-state index is 0.0148. The molecule has 0 spiro atoms. The molecule has 0 radical (unpaired) electrons. The Bertz CT molecular complexity index is 957. The molecule has 7 heteroatoms. The molecular weight excluding hydrogens is 420 g/mol. The fourth-order valence-electron chi connectivity index (χ4n) is 2.89. The van der Waals surface area contributed by atoms with Crippen molar-refractivity contribution in [3.63, 3.8) is 0 Å². The zero-order valence-electron chi connectivity index (χ0n) is 17.3. The molecule has 0 saturated heterocycles. The predicted octanol–water partition coefficient (Wildman–Crippen LogP) is 5.83. The number of nitrogens with zero attached hydrogens (tertiary/aromatic N) is 2. The summed E-state index contributed by atoms with van der Waals surface area (Å²) in [6.07, 6.45) is 0.860. The van der Waals surface area contributed by atoms with Gasteiger partial charge in [-0.2, -0.15) is 0 Å². The van der Waals surface area contributed by atoms with Gasteiger partial charge in [-0.05, 0) is 61.9 Å². The topological polar surface area (TPSA) is 51.7 Å². The minimum atomic E-state index is -0.0148. The molecule has 3 aromatic rings. The molecule has 0 aliphatic carbocycles. The normalized spacial score (nSPS) is 11.7. The first-order valence-electron chi connectivity index (χ1n) is 9.76. The molecule has 1 amide bonds. The van der Waals surface area contributed by atoms with Gasteiger partial charge in [0.05, 0.1) is 19.3 Å². The molecule has 1 heterocycles. The molecule has 3 rings (SSSR count). The van der Waals surface area contributed by atoms with Gasteiger partial charge in [0.1, 0.15) is 23.1 Å². The van der Waals surface area contributed by atoms with E-state index in [4.69, 9.17) is 21.1 Å². The van der Waals surface area contributed by atoms with Crippen LogP contribution in [0.2, 0.25) is 5.02 Å². The molecule has 2 aromatic carbocycles. The molecule has 0 N–H and O–H groups in total. The number of carbonyl (C=O) groups is 1. The van der Waals surface area contributed by atoms with Crippen molar-refractivity contribution in [2.45, 2.75) is 39.5 Å². The lowest BCUT2D eigenvalue weighted by Crippen LogP contribution is -2.37. The first-order valence-corrected chi connectivity index (χ1v) is 11.0. The highest BCUT2D eigenvalue weighted by molar-refractivity contribution is 7.09. The van der Waals surface area contributed by atoms with Crippen molar-refractivity contribution < 1.29 is 14.3 Å². The average Bonchev–Trinajstić information content (AvgIpc) is 3.23. The highest BCUT2D eigenvalue weighted by Gasteiger charge is 2.22. The first-order chi connectivity index (χ1) is 14.5. The standard InChI is InChI=1S/C23H25ClN2O3S/c1-4-16(2)26(23(27)17-5-9-20(28-3)10-6-17)13-19-15-30-22(25-19)14-29-21-11-7-18(24)8-12-21/h5-12,15-16H,4,13-14H2,1-3H3. The summed E-state index contributed by atoms with van der Waals surface area (Å²) in [5, 5.41) is 3.52. The highest BCUT2D eigenvalue weighted by atomic mass is 35.5. The molecule has 0 saturated carbocycles. The second kappa shape index (κ2) is 10.5. The summed E-state index contributed by atoms with van der Waals surface area (Å²) in [7, 11) is 1.61. The Morgan fingerprint density at radius 1 is 1.13 bits per heavy atom. The molecule has 0 aliphatic heterocycles. The van der Waals surface area contributed by atoms with E-state index in [0.29, 0.717) is 23.7 Å². The lowest BCUT2D eigenvalue weighted by molar-refractivity contribution is 0.0669. The summed E-state index contributed by atoms with van der Waals surface area (Å²) in [5.74, 6) is 1.46. The van der Waals surface area contributed by atoms with E-state index < -0.39 is 0 Å². The summed E-state index contributed by atoms with van der Waals surface area (Å²) >= 11 is 7.43. The highest BCUT2D eigenvalue weighted by Crippen LogP contribution is 2.21. The van der Waals surface area contributed by atoms with Crippen LogP contribution in [0.1, 0.15) is 41.3 Å². The van der Waals surface area contributed by atoms with Crippen molar-refractivity contribution in [2.75, 3.05) is 7.11 Å². The quantitative estimate of drug-likeness (QED) is 0.417. The molecule has 1 atom stereocenters. The van der Waals surface area contributed by atoms with Gasteiger partial charge in [0.25, 0.3) is 5.91 Å². The van der Waals surface area contributed by atoms with Crippen LogP contribution < -0.4 is 9.47 Å². The fourth-order valence-corrected chi connectivity index (χ4v) is 3.71. The monoisotopic (exact) mass is 444 g/mol. The summed E-state index contributed by atoms with van der Waals surface area (Å²) in [4.78, 5) is 19.6. The summed E-state index contributed by atoms with van der Waals surface area (Å²) in [6, 6.07) is 14.5. The van der Waals surface area contributed by atoms with Crippen LogP contribution >= 0.6 is 22.9 Å². The maximum Gasteiger partial charge on any atom is 0.254 e. The third kappa shape index (κ3) is 5.74. The summed E-state index contributed by atoms with van der Waals surface area (Å²) in [6.45, 7) is 4.96. The van der Waals surface area contributed by atoms with Crippen molar-refractivity contribution in [1.82, 2.24) is 9.88 Å². The lowest BCUT2D eigenvalue weighted by atomic mass is 10.1. The van der Waals surface area contributed by atoms with E-state index in [9.17, 15) is 4.79 Å². The van der Waals surface area contributed by atoms with Gasteiger partial charge < -0.3 is 14.4 Å². The van der Waals surface area contributed by atoms with E-state index in [2.05, 4.69) is 18.8 Å². The molecule has 30 heavy (non-hydrogen) atoms. The maximum atomic E-state index is 13.1. The fraction of sp³-hybridized carbons (Fsp3) is 0.304. The number of halogens is 1. The Hall–Kier alpha value is -2.57. The number of rotatable bonds is 9. The van der Waals surface area contributed by atoms with Crippen molar-refractivity contribution in [2.24, 2.45) is 0 Å². The Kier molecular flexibility index (Phi) is 7.71. The van der Waals surface area contributed by atoms with Crippen LogP contribution in [0.3, 0.4) is 0 Å². The van der Waals surface area contributed by atoms with Crippen LogP contribution in [0.25, 0.3) is 0 Å². The zero-order chi connectivity index (χ0) is 21.5. The Labute approximate surface area is 186 Å². The first kappa shape index (κ1) is 22.1. The number of aromatic nitrogens is 1. The number of benzene rings is 2. The zero-order valence-corrected chi connectivity index (χ0v) is 18.9. The van der Waals surface area contributed by atoms with E-state index in [1.54, 1.807) is 43.5 Å². The van der Waals surface area contributed by atoms with Gasteiger partial charge in [0.2, 0.25) is 0 Å². The second-order valence-electron chi connectivity index (χ2n) is 6.89. The average molecular weight is 445 g/mol. The van der Waals surface area contributed by atoms with Gasteiger partial charge in [0.15, 0.2) is 0 Å². The molecule has 1 unspecified atom stereocenters. The number of ether oxygens (including phenoxy) is 2. The Morgan fingerprint density at radius 3 is 2.43 bits per heavy atom. The number of hydrogen-bond donors (Lipinski definition) is 0. The largest absolute Gasteiger partial charge is 0.497 e. The van der Waals surface area contributed by atoms with Crippen LogP contribution in [-0.2, 0) is 13.2 Å². The molecule has 0 bridgehead atoms. The van der Waals surface area contributed by atoms with Crippen molar-refractivity contribution >= 4 is 28.8 Å². The van der Waals surface area contributed by atoms with E-state index in [1.165, 1.54) is 11.3 Å². The summed E-state index contributed by atoms with van der Waals surface area (Å²) < 4.78 is 11.0. The Morgan fingerprint density at radius 2 is 1.80 bits per heavy atom. The van der Waals surface area contributed by atoms with Gasteiger partial charge in [-0.3, -0.25) is 4.79 Å². The van der Waals surface area contributed by atoms with Gasteiger partial charge in [0, 0.05) is 22.0 Å². The predicted molar refractivity (Wildman–Crippen MR) is 121 cm³/mol. The van der Waals surface area contributed by atoms with E-state index >= 15 is 0 Å². The molecule has 0 fully saturated rings. The minimum Gasteiger partial charge on any atom is -0.497 e. The number of thiazole rings is 1. The molecule has 158 valence electrons. The van der Waals surface area contributed by atoms with Gasteiger partial charge in [-0.1, -0.05) is 18.5 Å². The van der Waals surface area contributed by atoms with Crippen molar-refractivity contribution in [3.05, 3.63) is 75.2 Å². The van der Waals surface area contributed by atoms with E-state index in [1.807, 2.05) is 22.4 Å². The van der Waals surface area contributed by atoms with Crippen LogP contribution in [0.4, 0.5) is 0 Å². The van der Waals surface area contributed by atoms with Crippen molar-refractivity contribution in [3.8, 4) is 11.5 Å². The van der Waals surface area contributed by atoms with Gasteiger partial charge >= 0.3 is 0 Å². The van der Waals surface area contributed by atoms with Gasteiger partial charge in [-0.15, -0.1) is 11.3 Å². The van der Waals surface area contributed by atoms with E-state index in [0.717, 1.165) is 28.6 Å². The number of hydrogen-bond acceptors (Lipinski definition) is 5. The second-order valence-corrected chi connectivity index (χ2v) is 8.27. The van der Waals surface area contributed by atoms with E-state index in [-0.39, 0.29) is 11.9 Å². The smallest absolute Gasteiger partial charge is 0.254 e. The van der Waals surface area contributed by atoms with Gasteiger partial charge in [-0.25, -0.2) is 4.98 Å². The lowest BCUT2D eigenvalue weighted by Gasteiger charge is -2.28. The summed E-state index contributed by atoms with van der Waals surface area (Å²) in [5.41, 5.74) is 1.49. The molecule has 5 nitrogen and oxygen atoms in total. The van der Waals surface area contributed by atoms with Crippen LogP contribution in [0, 0.1) is 0 Å². The SMILES string of the molecule is CCC(C)N(Cc1csc(COc2ccc(Cl)cc2)n1)C(=O)c1ccc(OC)cc1. The third-order valence-corrected chi connectivity index (χ3v) is 5.95. The van der Waals surface area contributed by atoms with Crippen LogP contribution in [0.5, 0.6) is 11.5 Å². The number of methoxy groups -OCH3 is 1.